The van der Waals surface area contributed by atoms with Crippen molar-refractivity contribution >= 4 is 28.0 Å². The highest BCUT2D eigenvalue weighted by molar-refractivity contribution is 5.97. The van der Waals surface area contributed by atoms with Crippen molar-refractivity contribution in [3.05, 3.63) is 69.1 Å². The van der Waals surface area contributed by atoms with Crippen LogP contribution in [0.15, 0.2) is 56.5 Å². The molecule has 8 heteroatoms. The molecule has 0 fully saturated rings. The Labute approximate surface area is 172 Å². The molecule has 1 atom stereocenters. The molecule has 156 valence electrons. The Kier molecular flexibility index (Phi) is 4.85. The van der Waals surface area contributed by atoms with E-state index < -0.39 is 5.76 Å². The minimum absolute atomic E-state index is 0.0827. The molecule has 0 aliphatic carbocycles. The molecule has 30 heavy (non-hydrogen) atoms. The number of benzene rings is 2. The molecule has 0 spiro atoms. The van der Waals surface area contributed by atoms with E-state index in [1.54, 1.807) is 47.5 Å². The van der Waals surface area contributed by atoms with Crippen LogP contribution in [0.5, 0.6) is 0 Å². The zero-order valence-corrected chi connectivity index (χ0v) is 17.4. The van der Waals surface area contributed by atoms with Gasteiger partial charge in [0.2, 0.25) is 0 Å². The Bertz CT molecular complexity index is 1370. The summed E-state index contributed by atoms with van der Waals surface area (Å²) in [5.41, 5.74) is 2.98. The summed E-state index contributed by atoms with van der Waals surface area (Å²) in [4.78, 5) is 37.4. The predicted molar refractivity (Wildman–Crippen MR) is 115 cm³/mol. The van der Waals surface area contributed by atoms with E-state index >= 15 is 0 Å². The maximum atomic E-state index is 13.0. The second kappa shape index (κ2) is 7.37. The maximum absolute atomic E-state index is 13.0. The molecule has 0 saturated heterocycles. The van der Waals surface area contributed by atoms with Crippen molar-refractivity contribution in [1.29, 1.82) is 0 Å². The number of rotatable bonds is 5. The van der Waals surface area contributed by atoms with E-state index in [1.807, 2.05) is 32.0 Å². The third-order valence-corrected chi connectivity index (χ3v) is 5.61. The number of aryl methyl sites for hydroxylation is 2. The van der Waals surface area contributed by atoms with Gasteiger partial charge >= 0.3 is 11.4 Å². The van der Waals surface area contributed by atoms with Gasteiger partial charge in [-0.05, 0) is 36.2 Å². The molecule has 4 rings (SSSR count). The van der Waals surface area contributed by atoms with E-state index in [0.29, 0.717) is 28.7 Å². The number of oxazole rings is 1. The van der Waals surface area contributed by atoms with Crippen LogP contribution in [0, 0.1) is 5.92 Å². The lowest BCUT2D eigenvalue weighted by molar-refractivity contribution is 0.0920. The molecule has 0 unspecified atom stereocenters. The SMILES string of the molecule is CC(C)[C@H](Cn1c(=O)oc2ccccc21)NC(=O)c1ccc2c(c1)n(C)c(=O)n2C. The van der Waals surface area contributed by atoms with Crippen molar-refractivity contribution in [3.8, 4) is 0 Å². The van der Waals surface area contributed by atoms with Gasteiger partial charge in [-0.25, -0.2) is 9.59 Å². The van der Waals surface area contributed by atoms with Gasteiger partial charge in [0.05, 0.1) is 16.6 Å². The van der Waals surface area contributed by atoms with E-state index in [1.165, 1.54) is 4.57 Å². The van der Waals surface area contributed by atoms with E-state index in [4.69, 9.17) is 4.42 Å². The number of hydrogen-bond donors (Lipinski definition) is 1. The molecule has 2 heterocycles. The van der Waals surface area contributed by atoms with Crippen molar-refractivity contribution in [2.45, 2.75) is 26.4 Å². The number of aromatic nitrogens is 3. The van der Waals surface area contributed by atoms with Gasteiger partial charge in [-0.1, -0.05) is 26.0 Å². The van der Waals surface area contributed by atoms with Crippen LogP contribution in [0.1, 0.15) is 24.2 Å². The quantitative estimate of drug-likeness (QED) is 0.548. The second-order valence-electron chi connectivity index (χ2n) is 7.87. The van der Waals surface area contributed by atoms with Gasteiger partial charge in [-0.3, -0.25) is 18.5 Å². The summed E-state index contributed by atoms with van der Waals surface area (Å²) in [6.07, 6.45) is 0. The average Bonchev–Trinajstić information content (AvgIpc) is 3.16. The molecule has 0 aliphatic heterocycles. The van der Waals surface area contributed by atoms with Gasteiger partial charge in [0.15, 0.2) is 5.58 Å². The van der Waals surface area contributed by atoms with Gasteiger partial charge in [0, 0.05) is 32.2 Å². The number of amides is 1. The highest BCUT2D eigenvalue weighted by Gasteiger charge is 2.21. The molecular formula is C22H24N4O4. The second-order valence-corrected chi connectivity index (χ2v) is 7.87. The standard InChI is InChI=1S/C22H24N4O4/c1-13(2)15(12-26-17-7-5-6-8-19(17)30-22(26)29)23-20(27)14-9-10-16-18(11-14)25(4)21(28)24(16)3/h5-11,13,15H,12H2,1-4H3,(H,23,27)/t15-/m0/s1. The van der Waals surface area contributed by atoms with Crippen LogP contribution in [0.4, 0.5) is 0 Å². The lowest BCUT2D eigenvalue weighted by atomic mass is 10.0. The first-order valence-electron chi connectivity index (χ1n) is 9.82. The highest BCUT2D eigenvalue weighted by Crippen LogP contribution is 2.17. The van der Waals surface area contributed by atoms with Crippen molar-refractivity contribution in [3.63, 3.8) is 0 Å². The summed E-state index contributed by atoms with van der Waals surface area (Å²) in [7, 11) is 3.38. The van der Waals surface area contributed by atoms with Crippen LogP contribution in [-0.4, -0.2) is 25.7 Å². The summed E-state index contributed by atoms with van der Waals surface area (Å²) in [6.45, 7) is 4.27. The largest absolute Gasteiger partial charge is 0.420 e. The summed E-state index contributed by atoms with van der Waals surface area (Å²) in [6, 6.07) is 12.1. The van der Waals surface area contributed by atoms with E-state index in [9.17, 15) is 14.4 Å². The Morgan fingerprint density at radius 3 is 2.43 bits per heavy atom. The fourth-order valence-corrected chi connectivity index (χ4v) is 3.71. The predicted octanol–water partition coefficient (Wildman–Crippen LogP) is 2.24. The van der Waals surface area contributed by atoms with Gasteiger partial charge in [-0.2, -0.15) is 0 Å². The molecule has 1 N–H and O–H groups in total. The van der Waals surface area contributed by atoms with Gasteiger partial charge in [0.1, 0.15) is 0 Å². The molecular weight excluding hydrogens is 384 g/mol. The number of hydrogen-bond acceptors (Lipinski definition) is 4. The van der Waals surface area contributed by atoms with Crippen LogP contribution >= 0.6 is 0 Å². The summed E-state index contributed by atoms with van der Waals surface area (Å²) >= 11 is 0. The zero-order chi connectivity index (χ0) is 21.6. The van der Waals surface area contributed by atoms with E-state index in [-0.39, 0.29) is 23.6 Å². The third kappa shape index (κ3) is 3.24. The van der Waals surface area contributed by atoms with Crippen LogP contribution < -0.4 is 16.8 Å². The third-order valence-electron chi connectivity index (χ3n) is 5.61. The van der Waals surface area contributed by atoms with Crippen LogP contribution in [0.25, 0.3) is 22.1 Å². The first kappa shape index (κ1) is 19.8. The van der Waals surface area contributed by atoms with Crippen molar-refractivity contribution < 1.29 is 9.21 Å². The smallest absolute Gasteiger partial charge is 0.408 e. The molecule has 8 nitrogen and oxygen atoms in total. The summed E-state index contributed by atoms with van der Waals surface area (Å²) in [5.74, 6) is -0.621. The molecule has 0 aliphatic rings. The highest BCUT2D eigenvalue weighted by atomic mass is 16.4. The molecule has 0 bridgehead atoms. The van der Waals surface area contributed by atoms with Crippen LogP contribution in [0.2, 0.25) is 0 Å². The first-order valence-corrected chi connectivity index (χ1v) is 9.82. The normalized spacial score (nSPS) is 12.7. The number of carbonyl (C=O) groups excluding carboxylic acids is 1. The number of nitrogens with zero attached hydrogens (tertiary/aromatic N) is 3. The Morgan fingerprint density at radius 2 is 1.70 bits per heavy atom. The molecule has 1 amide bonds. The molecule has 4 aromatic rings. The Balaban J connectivity index is 1.63. The monoisotopic (exact) mass is 408 g/mol. The zero-order valence-electron chi connectivity index (χ0n) is 17.4. The van der Waals surface area contributed by atoms with E-state index in [2.05, 4.69) is 5.32 Å². The summed E-state index contributed by atoms with van der Waals surface area (Å²) < 4.78 is 9.91. The number of para-hydroxylation sites is 2. The van der Waals surface area contributed by atoms with Gasteiger partial charge in [0.25, 0.3) is 5.91 Å². The Morgan fingerprint density at radius 1 is 1.00 bits per heavy atom. The van der Waals surface area contributed by atoms with Crippen LogP contribution in [-0.2, 0) is 20.6 Å². The molecule has 0 radical (unpaired) electrons. The van der Waals surface area contributed by atoms with Crippen molar-refractivity contribution in [2.75, 3.05) is 0 Å². The number of carbonyl (C=O) groups is 1. The van der Waals surface area contributed by atoms with Gasteiger partial charge < -0.3 is 9.73 Å². The number of fused-ring (bicyclic) bond motifs is 2. The summed E-state index contributed by atoms with van der Waals surface area (Å²) in [5, 5.41) is 3.03. The molecule has 2 aromatic heterocycles. The molecule has 0 saturated carbocycles. The van der Waals surface area contributed by atoms with E-state index in [0.717, 1.165) is 5.52 Å². The van der Waals surface area contributed by atoms with Crippen molar-refractivity contribution in [2.24, 2.45) is 20.0 Å². The fourth-order valence-electron chi connectivity index (χ4n) is 3.71. The lowest BCUT2D eigenvalue weighted by Crippen LogP contribution is -2.42. The fraction of sp³-hybridized carbons (Fsp3) is 0.318. The van der Waals surface area contributed by atoms with Crippen molar-refractivity contribution in [1.82, 2.24) is 19.0 Å². The number of nitrogens with one attached hydrogen (secondary N) is 1. The minimum Gasteiger partial charge on any atom is -0.408 e. The first-order chi connectivity index (χ1) is 14.3. The molecule has 2 aromatic carbocycles. The average molecular weight is 408 g/mol. The van der Waals surface area contributed by atoms with Crippen LogP contribution in [0.3, 0.4) is 0 Å². The Hall–Kier alpha value is -3.55. The maximum Gasteiger partial charge on any atom is 0.420 e. The minimum atomic E-state index is -0.447. The van der Waals surface area contributed by atoms with Gasteiger partial charge in [-0.15, -0.1) is 0 Å². The topological polar surface area (TPSA) is 91.2 Å². The lowest BCUT2D eigenvalue weighted by Gasteiger charge is -2.22. The number of imidazole rings is 1.